The molecule has 0 aliphatic heterocycles. The van der Waals surface area contributed by atoms with E-state index in [0.717, 1.165) is 10.4 Å². The van der Waals surface area contributed by atoms with E-state index in [-0.39, 0.29) is 11.4 Å². The second-order valence-corrected chi connectivity index (χ2v) is 5.26. The van der Waals surface area contributed by atoms with Crippen LogP contribution in [0.4, 0.5) is 10.2 Å². The number of halogens is 1. The van der Waals surface area contributed by atoms with Crippen LogP contribution >= 0.6 is 11.3 Å². The average Bonchev–Trinajstić information content (AvgIpc) is 2.84. The summed E-state index contributed by atoms with van der Waals surface area (Å²) >= 11 is 1.57. The summed E-state index contributed by atoms with van der Waals surface area (Å²) in [6.07, 6.45) is 1.42. The van der Waals surface area contributed by atoms with Crippen LogP contribution in [0.5, 0.6) is 0 Å². The summed E-state index contributed by atoms with van der Waals surface area (Å²) < 4.78 is 14.1. The maximum Gasteiger partial charge on any atom is 0.254 e. The SMILES string of the molecule is CCNc1nccc(C(=O)NCc2sccc2C)c1F. The van der Waals surface area contributed by atoms with Crippen molar-refractivity contribution in [3.8, 4) is 0 Å². The van der Waals surface area contributed by atoms with E-state index >= 15 is 0 Å². The number of thiophene rings is 1. The molecule has 2 rings (SSSR count). The highest BCUT2D eigenvalue weighted by Gasteiger charge is 2.15. The third-order valence-electron chi connectivity index (χ3n) is 2.86. The molecule has 2 heterocycles. The molecule has 2 N–H and O–H groups in total. The number of aromatic nitrogens is 1. The Morgan fingerprint density at radius 3 is 2.90 bits per heavy atom. The summed E-state index contributed by atoms with van der Waals surface area (Å²) in [5.74, 6) is -0.945. The predicted molar refractivity (Wildman–Crippen MR) is 78.6 cm³/mol. The van der Waals surface area contributed by atoms with E-state index in [1.165, 1.54) is 12.3 Å². The predicted octanol–water partition coefficient (Wildman–Crippen LogP) is 2.95. The molecule has 4 nitrogen and oxygen atoms in total. The first-order chi connectivity index (χ1) is 9.63. The molecule has 0 bridgehead atoms. The van der Waals surface area contributed by atoms with Crippen LogP contribution in [0.2, 0.25) is 0 Å². The number of aryl methyl sites for hydroxylation is 1. The number of carbonyl (C=O) groups excluding carboxylic acids is 1. The van der Waals surface area contributed by atoms with E-state index in [1.54, 1.807) is 11.3 Å². The Kier molecular flexibility index (Phi) is 4.68. The molecule has 0 saturated carbocycles. The zero-order valence-corrected chi connectivity index (χ0v) is 12.2. The van der Waals surface area contributed by atoms with Crippen LogP contribution in [-0.2, 0) is 6.54 Å². The van der Waals surface area contributed by atoms with E-state index in [9.17, 15) is 9.18 Å². The van der Waals surface area contributed by atoms with Gasteiger partial charge in [0.2, 0.25) is 0 Å². The summed E-state index contributed by atoms with van der Waals surface area (Å²) in [6.45, 7) is 4.77. The lowest BCUT2D eigenvalue weighted by molar-refractivity contribution is 0.0947. The summed E-state index contributed by atoms with van der Waals surface area (Å²) in [4.78, 5) is 17.0. The second kappa shape index (κ2) is 6.47. The average molecular weight is 293 g/mol. The van der Waals surface area contributed by atoms with Crippen molar-refractivity contribution in [1.29, 1.82) is 0 Å². The highest BCUT2D eigenvalue weighted by atomic mass is 32.1. The molecule has 0 aromatic carbocycles. The second-order valence-electron chi connectivity index (χ2n) is 4.26. The van der Waals surface area contributed by atoms with Crippen LogP contribution in [0.25, 0.3) is 0 Å². The van der Waals surface area contributed by atoms with Crippen molar-refractivity contribution < 1.29 is 9.18 Å². The van der Waals surface area contributed by atoms with Gasteiger partial charge in [-0.25, -0.2) is 9.37 Å². The maximum absolute atomic E-state index is 14.1. The standard InChI is InChI=1S/C14H16FN3OS/c1-3-16-13-12(15)10(4-6-17-13)14(19)18-8-11-9(2)5-7-20-11/h4-7H,3,8H2,1-2H3,(H,16,17)(H,18,19). The minimum absolute atomic E-state index is 0.00478. The minimum atomic E-state index is -0.616. The number of nitrogens with zero attached hydrogens (tertiary/aromatic N) is 1. The molecular formula is C14H16FN3OS. The van der Waals surface area contributed by atoms with Gasteiger partial charge in [-0.3, -0.25) is 4.79 Å². The number of amides is 1. The molecule has 2 aromatic rings. The molecule has 1 amide bonds. The van der Waals surface area contributed by atoms with Gasteiger partial charge in [0.1, 0.15) is 0 Å². The summed E-state index contributed by atoms with van der Waals surface area (Å²) in [5, 5.41) is 7.48. The molecule has 0 saturated heterocycles. The Labute approximate surface area is 121 Å². The monoisotopic (exact) mass is 293 g/mol. The van der Waals surface area contributed by atoms with Crippen LogP contribution < -0.4 is 10.6 Å². The fourth-order valence-electron chi connectivity index (χ4n) is 1.75. The molecule has 0 spiro atoms. The lowest BCUT2D eigenvalue weighted by Crippen LogP contribution is -2.24. The Hall–Kier alpha value is -1.95. The molecule has 0 aliphatic carbocycles. The summed E-state index contributed by atoms with van der Waals surface area (Å²) in [7, 11) is 0. The topological polar surface area (TPSA) is 54.0 Å². The van der Waals surface area contributed by atoms with Gasteiger partial charge in [0.05, 0.1) is 12.1 Å². The van der Waals surface area contributed by atoms with Gasteiger partial charge in [-0.2, -0.15) is 0 Å². The molecule has 0 atom stereocenters. The fourth-order valence-corrected chi connectivity index (χ4v) is 2.60. The zero-order valence-electron chi connectivity index (χ0n) is 11.4. The minimum Gasteiger partial charge on any atom is -0.368 e. The van der Waals surface area contributed by atoms with Gasteiger partial charge in [-0.05, 0) is 36.9 Å². The Bertz CT molecular complexity index is 612. The van der Waals surface area contributed by atoms with Crippen LogP contribution in [0.1, 0.15) is 27.7 Å². The van der Waals surface area contributed by atoms with Gasteiger partial charge >= 0.3 is 0 Å². The third kappa shape index (κ3) is 3.14. The number of hydrogen-bond donors (Lipinski definition) is 2. The largest absolute Gasteiger partial charge is 0.368 e. The van der Waals surface area contributed by atoms with Crippen LogP contribution in [-0.4, -0.2) is 17.4 Å². The number of anilines is 1. The van der Waals surface area contributed by atoms with Crippen molar-refractivity contribution in [2.75, 3.05) is 11.9 Å². The van der Waals surface area contributed by atoms with Crippen LogP contribution in [0.3, 0.4) is 0 Å². The smallest absolute Gasteiger partial charge is 0.254 e. The Morgan fingerprint density at radius 2 is 2.25 bits per heavy atom. The van der Waals surface area contributed by atoms with Crippen molar-refractivity contribution in [1.82, 2.24) is 10.3 Å². The van der Waals surface area contributed by atoms with Gasteiger partial charge in [0, 0.05) is 17.6 Å². The zero-order chi connectivity index (χ0) is 14.5. The molecule has 6 heteroatoms. The maximum atomic E-state index is 14.1. The molecule has 0 radical (unpaired) electrons. The number of nitrogens with one attached hydrogen (secondary N) is 2. The van der Waals surface area contributed by atoms with Crippen LogP contribution in [0.15, 0.2) is 23.7 Å². The third-order valence-corrected chi connectivity index (χ3v) is 3.88. The van der Waals surface area contributed by atoms with E-state index in [2.05, 4.69) is 15.6 Å². The van der Waals surface area contributed by atoms with E-state index in [4.69, 9.17) is 0 Å². The molecule has 0 unspecified atom stereocenters. The van der Waals surface area contributed by atoms with Gasteiger partial charge in [-0.1, -0.05) is 0 Å². The normalized spacial score (nSPS) is 10.3. The van der Waals surface area contributed by atoms with Crippen molar-refractivity contribution in [2.45, 2.75) is 20.4 Å². The van der Waals surface area contributed by atoms with Crippen molar-refractivity contribution in [2.24, 2.45) is 0 Å². The van der Waals surface area contributed by atoms with E-state index in [1.807, 2.05) is 25.3 Å². The Morgan fingerprint density at radius 1 is 1.45 bits per heavy atom. The molecular weight excluding hydrogens is 277 g/mol. The van der Waals surface area contributed by atoms with Crippen molar-refractivity contribution in [3.05, 3.63) is 45.5 Å². The van der Waals surface area contributed by atoms with Crippen molar-refractivity contribution in [3.63, 3.8) is 0 Å². The molecule has 0 aliphatic rings. The number of rotatable bonds is 5. The summed E-state index contributed by atoms with van der Waals surface area (Å²) in [5.41, 5.74) is 1.13. The number of pyridine rings is 1. The van der Waals surface area contributed by atoms with Crippen molar-refractivity contribution >= 4 is 23.1 Å². The van der Waals surface area contributed by atoms with Crippen LogP contribution in [0, 0.1) is 12.7 Å². The molecule has 0 fully saturated rings. The fraction of sp³-hybridized carbons (Fsp3) is 0.286. The van der Waals surface area contributed by atoms with E-state index < -0.39 is 11.7 Å². The quantitative estimate of drug-likeness (QED) is 0.891. The number of hydrogen-bond acceptors (Lipinski definition) is 4. The van der Waals surface area contributed by atoms with Gasteiger partial charge in [0.15, 0.2) is 11.6 Å². The lowest BCUT2D eigenvalue weighted by atomic mass is 10.2. The number of carbonyl (C=O) groups is 1. The lowest BCUT2D eigenvalue weighted by Gasteiger charge is -2.09. The Balaban J connectivity index is 2.09. The molecule has 2 aromatic heterocycles. The summed E-state index contributed by atoms with van der Waals surface area (Å²) in [6, 6.07) is 3.37. The highest BCUT2D eigenvalue weighted by Crippen LogP contribution is 2.17. The van der Waals surface area contributed by atoms with Gasteiger partial charge in [-0.15, -0.1) is 11.3 Å². The van der Waals surface area contributed by atoms with Gasteiger partial charge in [0.25, 0.3) is 5.91 Å². The highest BCUT2D eigenvalue weighted by molar-refractivity contribution is 7.10. The molecule has 20 heavy (non-hydrogen) atoms. The first kappa shape index (κ1) is 14.5. The first-order valence-electron chi connectivity index (χ1n) is 6.33. The van der Waals surface area contributed by atoms with E-state index in [0.29, 0.717) is 13.1 Å². The first-order valence-corrected chi connectivity index (χ1v) is 7.21. The van der Waals surface area contributed by atoms with Gasteiger partial charge < -0.3 is 10.6 Å². The molecule has 106 valence electrons.